The van der Waals surface area contributed by atoms with Crippen LogP contribution in [0.3, 0.4) is 0 Å². The van der Waals surface area contributed by atoms with Crippen LogP contribution >= 0.6 is 0 Å². The van der Waals surface area contributed by atoms with Gasteiger partial charge in [0, 0.05) is 31.1 Å². The Bertz CT molecular complexity index is 867. The largest absolute Gasteiger partial charge is 0.481 e. The van der Waals surface area contributed by atoms with E-state index in [1.807, 2.05) is 36.4 Å². The number of carbonyl (C=O) groups is 2. The van der Waals surface area contributed by atoms with Crippen LogP contribution in [0.4, 0.5) is 9.18 Å². The highest BCUT2D eigenvalue weighted by atomic mass is 19.1. The number of rotatable bonds is 7. The summed E-state index contributed by atoms with van der Waals surface area (Å²) >= 11 is 0. The number of hydrogen-bond acceptors (Lipinski definition) is 2. The van der Waals surface area contributed by atoms with Crippen molar-refractivity contribution in [2.75, 3.05) is 13.1 Å². The molecule has 2 N–H and O–H groups in total. The molecule has 1 heterocycles. The summed E-state index contributed by atoms with van der Waals surface area (Å²) < 4.78 is 14.0. The molecule has 28 heavy (non-hydrogen) atoms. The maximum absolute atomic E-state index is 14.0. The van der Waals surface area contributed by atoms with Crippen LogP contribution in [0.5, 0.6) is 0 Å². The monoisotopic (exact) mass is 382 g/mol. The first-order valence-electron chi connectivity index (χ1n) is 9.28. The van der Waals surface area contributed by atoms with Gasteiger partial charge in [0.15, 0.2) is 0 Å². The summed E-state index contributed by atoms with van der Waals surface area (Å²) in [6, 6.07) is 15.6. The van der Waals surface area contributed by atoms with Gasteiger partial charge in [-0.2, -0.15) is 0 Å². The van der Waals surface area contributed by atoms with Crippen molar-refractivity contribution in [2.45, 2.75) is 25.3 Å². The van der Waals surface area contributed by atoms with Crippen molar-refractivity contribution >= 4 is 17.6 Å². The van der Waals surface area contributed by atoms with E-state index in [-0.39, 0.29) is 24.3 Å². The predicted molar refractivity (Wildman–Crippen MR) is 105 cm³/mol. The number of halogens is 1. The molecule has 0 spiro atoms. The molecule has 0 radical (unpaired) electrons. The van der Waals surface area contributed by atoms with E-state index in [1.165, 1.54) is 6.07 Å². The van der Waals surface area contributed by atoms with Crippen LogP contribution in [0.2, 0.25) is 0 Å². The highest BCUT2D eigenvalue weighted by Crippen LogP contribution is 2.23. The Morgan fingerprint density at radius 2 is 1.82 bits per heavy atom. The van der Waals surface area contributed by atoms with E-state index in [0.29, 0.717) is 31.5 Å². The Morgan fingerprint density at radius 3 is 2.54 bits per heavy atom. The molecule has 5 nitrogen and oxygen atoms in total. The fourth-order valence-corrected chi connectivity index (χ4v) is 3.31. The van der Waals surface area contributed by atoms with Crippen molar-refractivity contribution in [2.24, 2.45) is 0 Å². The van der Waals surface area contributed by atoms with Crippen molar-refractivity contribution in [1.29, 1.82) is 0 Å². The molecule has 2 aromatic carbocycles. The second-order valence-electron chi connectivity index (χ2n) is 6.86. The topological polar surface area (TPSA) is 69.6 Å². The minimum Gasteiger partial charge on any atom is -0.481 e. The number of aliphatic carboxylic acids is 1. The molecule has 0 bridgehead atoms. The molecule has 3 rings (SSSR count). The normalized spacial score (nSPS) is 14.5. The van der Waals surface area contributed by atoms with Gasteiger partial charge in [-0.1, -0.05) is 54.6 Å². The second-order valence-corrected chi connectivity index (χ2v) is 6.86. The lowest BCUT2D eigenvalue weighted by atomic mass is 10.0. The van der Waals surface area contributed by atoms with E-state index in [9.17, 15) is 14.0 Å². The Morgan fingerprint density at radius 1 is 1.11 bits per heavy atom. The first kappa shape index (κ1) is 19.6. The lowest BCUT2D eigenvalue weighted by molar-refractivity contribution is -0.137. The van der Waals surface area contributed by atoms with Crippen molar-refractivity contribution in [3.63, 3.8) is 0 Å². The lowest BCUT2D eigenvalue weighted by Gasteiger charge is -2.23. The van der Waals surface area contributed by atoms with Crippen LogP contribution in [0.15, 0.2) is 60.7 Å². The molecule has 1 unspecified atom stereocenters. The van der Waals surface area contributed by atoms with E-state index in [1.54, 1.807) is 23.1 Å². The summed E-state index contributed by atoms with van der Waals surface area (Å²) in [6.07, 6.45) is 2.73. The third-order valence-corrected chi connectivity index (χ3v) is 4.79. The molecular formula is C22H23FN2O3. The molecule has 1 atom stereocenters. The van der Waals surface area contributed by atoms with E-state index >= 15 is 0 Å². The average molecular weight is 382 g/mol. The molecular weight excluding hydrogens is 359 g/mol. The van der Waals surface area contributed by atoms with Crippen LogP contribution in [-0.2, 0) is 11.2 Å². The molecule has 2 aromatic rings. The Kier molecular flexibility index (Phi) is 6.42. The van der Waals surface area contributed by atoms with E-state index in [4.69, 9.17) is 5.11 Å². The molecule has 0 aliphatic carbocycles. The number of amides is 2. The third kappa shape index (κ3) is 5.19. The van der Waals surface area contributed by atoms with Gasteiger partial charge < -0.3 is 15.3 Å². The number of nitrogens with zero attached hydrogens (tertiary/aromatic N) is 1. The smallest absolute Gasteiger partial charge is 0.318 e. The molecule has 2 amide bonds. The summed E-state index contributed by atoms with van der Waals surface area (Å²) in [5.41, 5.74) is 2.31. The molecule has 146 valence electrons. The summed E-state index contributed by atoms with van der Waals surface area (Å²) in [5, 5.41) is 11.9. The third-order valence-electron chi connectivity index (χ3n) is 4.79. The van der Waals surface area contributed by atoms with Gasteiger partial charge in [-0.15, -0.1) is 0 Å². The van der Waals surface area contributed by atoms with E-state index in [0.717, 1.165) is 11.1 Å². The molecule has 1 aliphatic heterocycles. The van der Waals surface area contributed by atoms with Crippen LogP contribution < -0.4 is 5.32 Å². The standard InChI is InChI=1S/C22H23FN2O3/c23-20-9-5-4-8-19(20)17-12-13-25(15-17)22(28)24-18(10-11-21(26)27)14-16-6-2-1-3-7-16/h1-9,12,18H,10-11,13-15H2,(H,24,28)(H,26,27). The maximum atomic E-state index is 14.0. The summed E-state index contributed by atoms with van der Waals surface area (Å²) in [5.74, 6) is -1.20. The number of hydrogen-bond donors (Lipinski definition) is 2. The Labute approximate surface area is 163 Å². The van der Waals surface area contributed by atoms with Crippen molar-refractivity contribution in [3.05, 3.63) is 77.6 Å². The van der Waals surface area contributed by atoms with Gasteiger partial charge in [-0.3, -0.25) is 4.79 Å². The summed E-state index contributed by atoms with van der Waals surface area (Å²) in [6.45, 7) is 0.718. The predicted octanol–water partition coefficient (Wildman–Crippen LogP) is 3.71. The van der Waals surface area contributed by atoms with Gasteiger partial charge in [-0.25, -0.2) is 9.18 Å². The van der Waals surface area contributed by atoms with Crippen molar-refractivity contribution < 1.29 is 19.1 Å². The molecule has 1 aliphatic rings. The maximum Gasteiger partial charge on any atom is 0.318 e. The molecule has 0 fully saturated rings. The van der Waals surface area contributed by atoms with E-state index < -0.39 is 5.97 Å². The number of carboxylic acid groups (broad SMARTS) is 1. The van der Waals surface area contributed by atoms with E-state index in [2.05, 4.69) is 5.32 Å². The highest BCUT2D eigenvalue weighted by molar-refractivity contribution is 5.81. The number of carbonyl (C=O) groups excluding carboxylic acids is 1. The zero-order valence-electron chi connectivity index (χ0n) is 15.5. The number of benzene rings is 2. The number of urea groups is 1. The minimum absolute atomic E-state index is 0.0174. The second kappa shape index (κ2) is 9.17. The average Bonchev–Trinajstić information content (AvgIpc) is 3.17. The van der Waals surface area contributed by atoms with Gasteiger partial charge in [0.2, 0.25) is 0 Å². The summed E-state index contributed by atoms with van der Waals surface area (Å²) in [4.78, 5) is 25.3. The first-order chi connectivity index (χ1) is 13.5. The molecule has 6 heteroatoms. The SMILES string of the molecule is O=C(O)CCC(Cc1ccccc1)NC(=O)N1CC=C(c2ccccc2F)C1. The molecule has 0 saturated heterocycles. The molecule has 0 saturated carbocycles. The zero-order chi connectivity index (χ0) is 19.9. The summed E-state index contributed by atoms with van der Waals surface area (Å²) in [7, 11) is 0. The Hall–Kier alpha value is -3.15. The van der Waals surface area contributed by atoms with Gasteiger partial charge in [0.1, 0.15) is 5.82 Å². The lowest BCUT2D eigenvalue weighted by Crippen LogP contribution is -2.45. The van der Waals surface area contributed by atoms with Gasteiger partial charge >= 0.3 is 12.0 Å². The highest BCUT2D eigenvalue weighted by Gasteiger charge is 2.24. The van der Waals surface area contributed by atoms with Crippen molar-refractivity contribution in [1.82, 2.24) is 10.2 Å². The molecule has 0 aromatic heterocycles. The van der Waals surface area contributed by atoms with Crippen LogP contribution in [0.1, 0.15) is 24.0 Å². The van der Waals surface area contributed by atoms with Crippen LogP contribution in [0.25, 0.3) is 5.57 Å². The first-order valence-corrected chi connectivity index (χ1v) is 9.28. The fourth-order valence-electron chi connectivity index (χ4n) is 3.31. The van der Waals surface area contributed by atoms with Crippen molar-refractivity contribution in [3.8, 4) is 0 Å². The zero-order valence-corrected chi connectivity index (χ0v) is 15.5. The van der Waals surface area contributed by atoms with Gasteiger partial charge in [-0.05, 0) is 30.0 Å². The quantitative estimate of drug-likeness (QED) is 0.767. The minimum atomic E-state index is -0.892. The number of nitrogens with one attached hydrogen (secondary N) is 1. The van der Waals surface area contributed by atoms with Crippen LogP contribution in [-0.4, -0.2) is 41.1 Å². The van der Waals surface area contributed by atoms with Gasteiger partial charge in [0.25, 0.3) is 0 Å². The van der Waals surface area contributed by atoms with Gasteiger partial charge in [0.05, 0.1) is 0 Å². The Balaban J connectivity index is 1.62. The fraction of sp³-hybridized carbons (Fsp3) is 0.273. The number of carboxylic acids is 1. The van der Waals surface area contributed by atoms with Crippen LogP contribution in [0, 0.1) is 5.82 Å².